The summed E-state index contributed by atoms with van der Waals surface area (Å²) < 4.78 is 1.82. The van der Waals surface area contributed by atoms with E-state index in [1.807, 2.05) is 0 Å². The van der Waals surface area contributed by atoms with E-state index < -0.39 is 0 Å². The number of nitrogens with zero attached hydrogens (tertiary/aromatic N) is 1. The van der Waals surface area contributed by atoms with Crippen LogP contribution in [-0.2, 0) is 4.79 Å². The van der Waals surface area contributed by atoms with Crippen molar-refractivity contribution >= 4 is 49.1 Å². The summed E-state index contributed by atoms with van der Waals surface area (Å²) in [4.78, 5) is 13.8. The molecule has 5 heteroatoms. The Hall–Kier alpha value is -0.550. The Morgan fingerprint density at radius 3 is 1.87 bits per heavy atom. The van der Waals surface area contributed by atoms with Crippen LogP contribution in [0.15, 0.2) is 21.1 Å². The van der Waals surface area contributed by atoms with Crippen molar-refractivity contribution in [3.05, 3.63) is 21.1 Å². The fourth-order valence-corrected chi connectivity index (χ4v) is 3.87. The quantitative estimate of drug-likeness (QED) is 0.423. The Morgan fingerprint density at radius 2 is 1.48 bits per heavy atom. The smallest absolute Gasteiger partial charge is 0.221 e. The summed E-state index contributed by atoms with van der Waals surface area (Å²) in [6.07, 6.45) is 7.42. The first-order valence-corrected chi connectivity index (χ1v) is 10.1. The summed E-state index contributed by atoms with van der Waals surface area (Å²) in [5, 5.41) is 2.86. The Bertz CT molecular complexity index is 473. The van der Waals surface area contributed by atoms with Gasteiger partial charge in [0.25, 0.3) is 0 Å². The van der Waals surface area contributed by atoms with Crippen molar-refractivity contribution in [2.75, 3.05) is 23.3 Å². The molecule has 0 spiro atoms. The molecule has 130 valence electrons. The van der Waals surface area contributed by atoms with Gasteiger partial charge in [-0.3, -0.25) is 4.79 Å². The van der Waals surface area contributed by atoms with Gasteiger partial charge in [-0.1, -0.05) is 39.5 Å². The van der Waals surface area contributed by atoms with Crippen LogP contribution >= 0.6 is 31.9 Å². The molecule has 1 amide bonds. The maximum atomic E-state index is 11.3. The Labute approximate surface area is 157 Å². The number of carbonyl (C=O) groups excluding carboxylic acids is 1. The molecule has 0 saturated carbocycles. The van der Waals surface area contributed by atoms with Gasteiger partial charge in [0.15, 0.2) is 0 Å². The average molecular weight is 448 g/mol. The number of halogens is 2. The lowest BCUT2D eigenvalue weighted by molar-refractivity contribution is -0.114. The molecule has 0 aliphatic heterocycles. The van der Waals surface area contributed by atoms with Crippen LogP contribution in [0.1, 0.15) is 59.3 Å². The van der Waals surface area contributed by atoms with Gasteiger partial charge in [-0.2, -0.15) is 0 Å². The molecule has 3 nitrogen and oxygen atoms in total. The molecule has 23 heavy (non-hydrogen) atoms. The van der Waals surface area contributed by atoms with Crippen LogP contribution in [0.3, 0.4) is 0 Å². The molecule has 1 N–H and O–H groups in total. The van der Waals surface area contributed by atoms with Gasteiger partial charge >= 0.3 is 0 Å². The molecule has 0 unspecified atom stereocenters. The summed E-state index contributed by atoms with van der Waals surface area (Å²) in [7, 11) is 0. The third kappa shape index (κ3) is 7.25. The van der Waals surface area contributed by atoms with Gasteiger partial charge in [0.05, 0.1) is 5.69 Å². The first kappa shape index (κ1) is 20.5. The minimum absolute atomic E-state index is 0.0677. The molecule has 1 rings (SSSR count). The highest BCUT2D eigenvalue weighted by molar-refractivity contribution is 9.11. The molecular formula is C18H28Br2N2O. The molecule has 1 aromatic rings. The highest BCUT2D eigenvalue weighted by atomic mass is 79.9. The SMILES string of the molecule is CCCCCN(CCCCC)c1cc(Br)c(NC(C)=O)c(Br)c1. The van der Waals surface area contributed by atoms with E-state index in [1.54, 1.807) is 0 Å². The number of carbonyl (C=O) groups is 1. The molecule has 0 radical (unpaired) electrons. The predicted octanol–water partition coefficient (Wildman–Crippen LogP) is 6.36. The van der Waals surface area contributed by atoms with Gasteiger partial charge in [-0.05, 0) is 56.8 Å². The Balaban J connectivity index is 2.92. The first-order chi connectivity index (χ1) is 11.0. The second-order valence-electron chi connectivity index (χ2n) is 5.87. The van der Waals surface area contributed by atoms with Crippen molar-refractivity contribution in [2.24, 2.45) is 0 Å². The van der Waals surface area contributed by atoms with E-state index in [4.69, 9.17) is 0 Å². The molecule has 0 heterocycles. The summed E-state index contributed by atoms with van der Waals surface area (Å²) in [6.45, 7) is 8.15. The maximum Gasteiger partial charge on any atom is 0.221 e. The summed E-state index contributed by atoms with van der Waals surface area (Å²) in [5.74, 6) is -0.0677. The number of benzene rings is 1. The number of anilines is 2. The largest absolute Gasteiger partial charge is 0.371 e. The summed E-state index contributed by atoms with van der Waals surface area (Å²) in [5.41, 5.74) is 1.99. The second-order valence-corrected chi connectivity index (χ2v) is 7.58. The van der Waals surface area contributed by atoms with Crippen molar-refractivity contribution in [2.45, 2.75) is 59.3 Å². The van der Waals surface area contributed by atoms with Crippen LogP contribution in [0.5, 0.6) is 0 Å². The number of nitrogens with one attached hydrogen (secondary N) is 1. The number of rotatable bonds is 10. The van der Waals surface area contributed by atoms with E-state index in [0.29, 0.717) is 0 Å². The van der Waals surface area contributed by atoms with Crippen molar-refractivity contribution in [3.63, 3.8) is 0 Å². The van der Waals surface area contributed by atoms with E-state index in [0.717, 1.165) is 27.7 Å². The number of hydrogen-bond acceptors (Lipinski definition) is 2. The van der Waals surface area contributed by atoms with E-state index >= 15 is 0 Å². The molecule has 0 aliphatic rings. The summed E-state index contributed by atoms with van der Waals surface area (Å²) >= 11 is 7.17. The van der Waals surface area contributed by atoms with Crippen LogP contribution in [0, 0.1) is 0 Å². The topological polar surface area (TPSA) is 32.3 Å². The zero-order valence-electron chi connectivity index (χ0n) is 14.4. The zero-order valence-corrected chi connectivity index (χ0v) is 17.6. The van der Waals surface area contributed by atoms with Crippen LogP contribution in [0.4, 0.5) is 11.4 Å². The fraction of sp³-hybridized carbons (Fsp3) is 0.611. The van der Waals surface area contributed by atoms with Crippen molar-refractivity contribution in [1.82, 2.24) is 0 Å². The minimum Gasteiger partial charge on any atom is -0.371 e. The number of hydrogen-bond donors (Lipinski definition) is 1. The van der Waals surface area contributed by atoms with Crippen LogP contribution in [0.25, 0.3) is 0 Å². The highest BCUT2D eigenvalue weighted by Crippen LogP contribution is 2.36. The Kier molecular flexibility index (Phi) is 9.88. The standard InChI is InChI=1S/C18H28Br2N2O/c1-4-6-8-10-22(11-9-7-5-2)15-12-16(19)18(17(20)13-15)21-14(3)23/h12-13H,4-11H2,1-3H3,(H,21,23). The third-order valence-electron chi connectivity index (χ3n) is 3.76. The Morgan fingerprint density at radius 1 is 1.00 bits per heavy atom. The molecule has 0 aromatic heterocycles. The maximum absolute atomic E-state index is 11.3. The van der Waals surface area contributed by atoms with Crippen LogP contribution in [0.2, 0.25) is 0 Å². The first-order valence-electron chi connectivity index (χ1n) is 8.51. The highest BCUT2D eigenvalue weighted by Gasteiger charge is 2.13. The zero-order chi connectivity index (χ0) is 17.2. The van der Waals surface area contributed by atoms with Crippen LogP contribution < -0.4 is 10.2 Å². The van der Waals surface area contributed by atoms with Gasteiger partial charge in [0.1, 0.15) is 0 Å². The minimum atomic E-state index is -0.0677. The molecule has 0 fully saturated rings. The number of unbranched alkanes of at least 4 members (excludes halogenated alkanes) is 4. The fourth-order valence-electron chi connectivity index (χ4n) is 2.51. The lowest BCUT2D eigenvalue weighted by Gasteiger charge is -2.26. The normalized spacial score (nSPS) is 10.7. The predicted molar refractivity (Wildman–Crippen MR) is 107 cm³/mol. The van der Waals surface area contributed by atoms with Gasteiger partial charge in [-0.25, -0.2) is 0 Å². The van der Waals surface area contributed by atoms with E-state index in [9.17, 15) is 4.79 Å². The summed E-state index contributed by atoms with van der Waals surface area (Å²) in [6, 6.07) is 4.21. The van der Waals surface area contributed by atoms with Gasteiger partial charge in [0, 0.05) is 34.6 Å². The molecule has 0 aliphatic carbocycles. The van der Waals surface area contributed by atoms with E-state index in [-0.39, 0.29) is 5.91 Å². The lowest BCUT2D eigenvalue weighted by atomic mass is 10.2. The second kappa shape index (κ2) is 11.1. The van der Waals surface area contributed by atoms with E-state index in [1.165, 1.54) is 51.1 Å². The average Bonchev–Trinajstić information content (AvgIpc) is 2.49. The number of amides is 1. The van der Waals surface area contributed by atoms with Gasteiger partial charge < -0.3 is 10.2 Å². The molecular weight excluding hydrogens is 420 g/mol. The third-order valence-corrected chi connectivity index (χ3v) is 5.01. The van der Waals surface area contributed by atoms with Crippen molar-refractivity contribution in [1.29, 1.82) is 0 Å². The van der Waals surface area contributed by atoms with Crippen molar-refractivity contribution < 1.29 is 4.79 Å². The molecule has 0 bridgehead atoms. The monoisotopic (exact) mass is 446 g/mol. The molecule has 0 atom stereocenters. The van der Waals surface area contributed by atoms with Gasteiger partial charge in [-0.15, -0.1) is 0 Å². The molecule has 0 saturated heterocycles. The molecule has 1 aromatic carbocycles. The van der Waals surface area contributed by atoms with Crippen LogP contribution in [-0.4, -0.2) is 19.0 Å². The van der Waals surface area contributed by atoms with E-state index in [2.05, 4.69) is 68.1 Å². The lowest BCUT2D eigenvalue weighted by Crippen LogP contribution is -2.26. The van der Waals surface area contributed by atoms with Gasteiger partial charge in [0.2, 0.25) is 5.91 Å². The van der Waals surface area contributed by atoms with Crippen molar-refractivity contribution in [3.8, 4) is 0 Å².